The lowest BCUT2D eigenvalue weighted by Crippen LogP contribution is -2.40. The number of hydrogen-bond donors (Lipinski definition) is 1. The van der Waals surface area contributed by atoms with Crippen molar-refractivity contribution in [3.05, 3.63) is 81.2 Å². The van der Waals surface area contributed by atoms with Crippen LogP contribution < -0.4 is 15.4 Å². The smallest absolute Gasteiger partial charge is 0.387 e. The van der Waals surface area contributed by atoms with Crippen LogP contribution in [0.2, 0.25) is 0 Å². The molecule has 1 aliphatic heterocycles. The third-order valence-corrected chi connectivity index (χ3v) is 5.63. The fourth-order valence-corrected chi connectivity index (χ4v) is 4.14. The number of allylic oxidation sites excluding steroid dienone is 1. The molecule has 0 radical (unpaired) electrons. The Bertz CT molecular complexity index is 1220. The third-order valence-electron chi connectivity index (χ3n) is 5.00. The molecule has 0 amide bonds. The molecular formula is C23H18BrF2N3O5. The molecule has 176 valence electrons. The van der Waals surface area contributed by atoms with Crippen molar-refractivity contribution in [3.63, 3.8) is 0 Å². The quantitative estimate of drug-likeness (QED) is 0.555. The number of carbonyl (C=O) groups excluding carboxylic acids is 2. The maximum absolute atomic E-state index is 13.0. The standard InChI is InChI=1S/C23H18BrF2N3O5/c1-32-21(30)18-17(12-6-4-3-5-7-12)14(11-27)20(28)29(19(18)22(31)33-2)16-9-8-13(10-15(16)24)34-23(25)26/h3-10,17,23H,28H2,1-2H3. The molecule has 3 rings (SSSR count). The minimum Gasteiger partial charge on any atom is -0.466 e. The minimum absolute atomic E-state index is 0.0286. The van der Waals surface area contributed by atoms with E-state index in [2.05, 4.69) is 20.7 Å². The predicted molar refractivity (Wildman–Crippen MR) is 120 cm³/mol. The first-order valence-electron chi connectivity index (χ1n) is 9.65. The number of esters is 2. The zero-order valence-corrected chi connectivity index (χ0v) is 19.5. The Kier molecular flexibility index (Phi) is 7.53. The van der Waals surface area contributed by atoms with Crippen LogP contribution in [0.5, 0.6) is 5.75 Å². The van der Waals surface area contributed by atoms with Crippen LogP contribution in [0, 0.1) is 11.3 Å². The second kappa shape index (κ2) is 10.4. The second-order valence-electron chi connectivity index (χ2n) is 6.83. The molecule has 1 aliphatic rings. The van der Waals surface area contributed by atoms with Crippen LogP contribution in [0.3, 0.4) is 0 Å². The van der Waals surface area contributed by atoms with Gasteiger partial charge in [-0.15, -0.1) is 0 Å². The van der Waals surface area contributed by atoms with Crippen LogP contribution in [0.4, 0.5) is 14.5 Å². The molecule has 0 aliphatic carbocycles. The van der Waals surface area contributed by atoms with Crippen molar-refractivity contribution < 1.29 is 32.6 Å². The first kappa shape index (κ1) is 24.7. The molecule has 11 heteroatoms. The van der Waals surface area contributed by atoms with Crippen molar-refractivity contribution >= 4 is 33.6 Å². The fraction of sp³-hybridized carbons (Fsp3) is 0.174. The monoisotopic (exact) mass is 533 g/mol. The summed E-state index contributed by atoms with van der Waals surface area (Å²) in [5.41, 5.74) is 6.58. The van der Waals surface area contributed by atoms with Crippen LogP contribution in [-0.2, 0) is 19.1 Å². The molecule has 1 unspecified atom stereocenters. The van der Waals surface area contributed by atoms with E-state index in [0.29, 0.717) is 5.56 Å². The van der Waals surface area contributed by atoms with Crippen molar-refractivity contribution in [2.45, 2.75) is 12.5 Å². The zero-order valence-electron chi connectivity index (χ0n) is 17.9. The summed E-state index contributed by atoms with van der Waals surface area (Å²) in [6.45, 7) is -3.05. The molecule has 0 fully saturated rings. The van der Waals surface area contributed by atoms with Gasteiger partial charge >= 0.3 is 18.6 Å². The fourth-order valence-electron chi connectivity index (χ4n) is 3.61. The van der Waals surface area contributed by atoms with Gasteiger partial charge in [-0.25, -0.2) is 9.59 Å². The van der Waals surface area contributed by atoms with E-state index in [9.17, 15) is 23.6 Å². The first-order valence-corrected chi connectivity index (χ1v) is 10.4. The second-order valence-corrected chi connectivity index (χ2v) is 7.68. The van der Waals surface area contributed by atoms with Crippen molar-refractivity contribution in [2.75, 3.05) is 19.1 Å². The molecule has 2 N–H and O–H groups in total. The average Bonchev–Trinajstić information content (AvgIpc) is 2.83. The Morgan fingerprint density at radius 3 is 2.29 bits per heavy atom. The highest BCUT2D eigenvalue weighted by atomic mass is 79.9. The van der Waals surface area contributed by atoms with Gasteiger partial charge in [-0.3, -0.25) is 4.90 Å². The number of alkyl halides is 2. The lowest BCUT2D eigenvalue weighted by molar-refractivity contribution is -0.139. The van der Waals surface area contributed by atoms with Gasteiger partial charge in [0.15, 0.2) is 0 Å². The SMILES string of the molecule is COC(=O)C1=C(C(=O)OC)N(c2ccc(OC(F)F)cc2Br)C(N)=C(C#N)C1c1ccccc1. The summed E-state index contributed by atoms with van der Waals surface area (Å²) >= 11 is 3.26. The Morgan fingerprint density at radius 1 is 1.12 bits per heavy atom. The zero-order chi connectivity index (χ0) is 25.0. The number of nitrogens with zero attached hydrogens (tertiary/aromatic N) is 2. The number of anilines is 1. The van der Waals surface area contributed by atoms with E-state index in [4.69, 9.17) is 15.2 Å². The molecule has 0 saturated carbocycles. The lowest BCUT2D eigenvalue weighted by atomic mass is 9.81. The molecule has 1 atom stereocenters. The van der Waals surface area contributed by atoms with E-state index >= 15 is 0 Å². The average molecular weight is 534 g/mol. The summed E-state index contributed by atoms with van der Waals surface area (Å²) in [7, 11) is 2.25. The Hall–Kier alpha value is -3.91. The maximum atomic E-state index is 13.0. The molecule has 2 aromatic rings. The van der Waals surface area contributed by atoms with Gasteiger partial charge in [-0.1, -0.05) is 30.3 Å². The normalized spacial score (nSPS) is 15.8. The van der Waals surface area contributed by atoms with Gasteiger partial charge in [0.05, 0.1) is 43.0 Å². The summed E-state index contributed by atoms with van der Waals surface area (Å²) in [5, 5.41) is 10.0. The lowest BCUT2D eigenvalue weighted by Gasteiger charge is -2.36. The number of ether oxygens (including phenoxy) is 3. The summed E-state index contributed by atoms with van der Waals surface area (Å²) in [4.78, 5) is 27.1. The Balaban J connectivity index is 2.35. The highest BCUT2D eigenvalue weighted by molar-refractivity contribution is 9.10. The van der Waals surface area contributed by atoms with Gasteiger partial charge in [0, 0.05) is 4.47 Å². The van der Waals surface area contributed by atoms with Crippen LogP contribution >= 0.6 is 15.9 Å². The van der Waals surface area contributed by atoms with Crippen molar-refractivity contribution in [1.82, 2.24) is 0 Å². The van der Waals surface area contributed by atoms with Gasteiger partial charge in [0.1, 0.15) is 17.3 Å². The first-order chi connectivity index (χ1) is 16.2. The summed E-state index contributed by atoms with van der Waals surface area (Å²) in [6.07, 6.45) is 0. The van der Waals surface area contributed by atoms with Gasteiger partial charge in [-0.05, 0) is 39.7 Å². The van der Waals surface area contributed by atoms with E-state index < -0.39 is 24.5 Å². The molecule has 34 heavy (non-hydrogen) atoms. The van der Waals surface area contributed by atoms with E-state index in [-0.39, 0.29) is 38.6 Å². The van der Waals surface area contributed by atoms with Gasteiger partial charge in [0.2, 0.25) is 0 Å². The predicted octanol–water partition coefficient (Wildman–Crippen LogP) is 3.95. The van der Waals surface area contributed by atoms with Crippen LogP contribution in [0.25, 0.3) is 0 Å². The molecule has 1 heterocycles. The third kappa shape index (κ3) is 4.58. The number of halogens is 3. The van der Waals surface area contributed by atoms with Gasteiger partial charge in [0.25, 0.3) is 0 Å². The van der Waals surface area contributed by atoms with E-state index in [1.807, 2.05) is 6.07 Å². The maximum Gasteiger partial charge on any atom is 0.387 e. The van der Waals surface area contributed by atoms with E-state index in [1.54, 1.807) is 30.3 Å². The molecular weight excluding hydrogens is 516 g/mol. The summed E-state index contributed by atoms with van der Waals surface area (Å²) in [5.74, 6) is -3.16. The van der Waals surface area contributed by atoms with Gasteiger partial charge < -0.3 is 19.9 Å². The van der Waals surface area contributed by atoms with Crippen molar-refractivity contribution in [2.24, 2.45) is 5.73 Å². The minimum atomic E-state index is -3.05. The van der Waals surface area contributed by atoms with E-state index in [0.717, 1.165) is 19.1 Å². The molecule has 0 aromatic heterocycles. The number of rotatable bonds is 6. The number of benzene rings is 2. The summed E-state index contributed by atoms with van der Waals surface area (Å²) in [6, 6.07) is 14.3. The molecule has 2 aromatic carbocycles. The Morgan fingerprint density at radius 2 is 1.76 bits per heavy atom. The largest absolute Gasteiger partial charge is 0.466 e. The molecule has 0 bridgehead atoms. The number of nitriles is 1. The molecule has 8 nitrogen and oxygen atoms in total. The number of carbonyl (C=O) groups is 2. The summed E-state index contributed by atoms with van der Waals surface area (Å²) < 4.78 is 39.7. The molecule has 0 spiro atoms. The van der Waals surface area contributed by atoms with Crippen LogP contribution in [0.15, 0.2) is 75.7 Å². The highest BCUT2D eigenvalue weighted by Gasteiger charge is 2.43. The molecule has 0 saturated heterocycles. The van der Waals surface area contributed by atoms with Crippen LogP contribution in [-0.4, -0.2) is 32.8 Å². The van der Waals surface area contributed by atoms with Crippen LogP contribution in [0.1, 0.15) is 11.5 Å². The van der Waals surface area contributed by atoms with Crippen molar-refractivity contribution in [1.29, 1.82) is 5.26 Å². The highest BCUT2D eigenvalue weighted by Crippen LogP contribution is 2.45. The number of methoxy groups -OCH3 is 2. The van der Waals surface area contributed by atoms with Gasteiger partial charge in [-0.2, -0.15) is 14.0 Å². The van der Waals surface area contributed by atoms with Crippen molar-refractivity contribution in [3.8, 4) is 11.8 Å². The Labute approximate surface area is 201 Å². The van der Waals surface area contributed by atoms with E-state index in [1.165, 1.54) is 18.2 Å². The number of hydrogen-bond acceptors (Lipinski definition) is 8. The topological polar surface area (TPSA) is 115 Å². The number of nitrogens with two attached hydrogens (primary N) is 1.